The number of carbonyl (C=O) groups excluding carboxylic acids is 1. The number of urea groups is 1. The first kappa shape index (κ1) is 23.7. The lowest BCUT2D eigenvalue weighted by Crippen LogP contribution is -2.40. The second-order valence-corrected chi connectivity index (χ2v) is 8.41. The first-order valence-electron chi connectivity index (χ1n) is 9.69. The van der Waals surface area contributed by atoms with E-state index in [1.165, 1.54) is 41.4 Å². The van der Waals surface area contributed by atoms with Crippen LogP contribution in [0.1, 0.15) is 20.8 Å². The number of para-hydroxylation sites is 1. The molecule has 1 aromatic heterocycles. The Morgan fingerprint density at radius 2 is 1.75 bits per heavy atom. The predicted molar refractivity (Wildman–Crippen MR) is 125 cm³/mol. The third kappa shape index (κ3) is 5.64. The maximum atomic E-state index is 13.5. The van der Waals surface area contributed by atoms with Gasteiger partial charge in [0.05, 0.1) is 33.1 Å². The molecule has 0 saturated heterocycles. The molecule has 3 rings (SSSR count). The first-order chi connectivity index (χ1) is 15.1. The molecule has 0 saturated carbocycles. The van der Waals surface area contributed by atoms with Gasteiger partial charge in [-0.25, -0.2) is 19.1 Å². The molecule has 3 N–H and O–H groups in total. The van der Waals surface area contributed by atoms with E-state index >= 15 is 0 Å². The van der Waals surface area contributed by atoms with E-state index in [1.54, 1.807) is 39.0 Å². The zero-order chi connectivity index (χ0) is 23.5. The summed E-state index contributed by atoms with van der Waals surface area (Å²) in [5, 5.41) is 16.4. The smallest absolute Gasteiger partial charge is 0.332 e. The molecule has 0 spiro atoms. The van der Waals surface area contributed by atoms with E-state index in [0.717, 1.165) is 0 Å². The summed E-state index contributed by atoms with van der Waals surface area (Å²) in [6, 6.07) is 10.7. The molecule has 0 aliphatic heterocycles. The van der Waals surface area contributed by atoms with Crippen molar-refractivity contribution in [1.29, 1.82) is 0 Å². The topological polar surface area (TPSA) is 90.4 Å². The lowest BCUT2D eigenvalue weighted by Gasteiger charge is -2.27. The summed E-state index contributed by atoms with van der Waals surface area (Å²) in [6.07, 6.45) is 1.47. The fourth-order valence-electron chi connectivity index (χ4n) is 2.64. The maximum absolute atomic E-state index is 13.5. The van der Waals surface area contributed by atoms with E-state index in [9.17, 15) is 14.3 Å². The number of aromatic nitrogens is 2. The second-order valence-electron chi connectivity index (χ2n) is 7.60. The number of aliphatic hydroxyl groups is 1. The molecule has 1 atom stereocenters. The van der Waals surface area contributed by atoms with Gasteiger partial charge in [-0.05, 0) is 57.2 Å². The molecule has 0 radical (unpaired) electrons. The number of amides is 2. The number of halogens is 3. The van der Waals surface area contributed by atoms with E-state index < -0.39 is 17.4 Å². The highest BCUT2D eigenvalue weighted by Gasteiger charge is 2.25. The lowest BCUT2D eigenvalue weighted by molar-refractivity contribution is 0.0646. The largest absolute Gasteiger partial charge is 0.388 e. The molecule has 0 fully saturated rings. The zero-order valence-corrected chi connectivity index (χ0v) is 19.1. The quantitative estimate of drug-likeness (QED) is 0.413. The normalized spacial score (nSPS) is 12.2. The van der Waals surface area contributed by atoms with Crippen LogP contribution >= 0.6 is 23.2 Å². The zero-order valence-electron chi connectivity index (χ0n) is 17.6. The van der Waals surface area contributed by atoms with Crippen molar-refractivity contribution >= 4 is 52.4 Å². The summed E-state index contributed by atoms with van der Waals surface area (Å²) < 4.78 is 13.5. The van der Waals surface area contributed by atoms with Crippen LogP contribution in [0.4, 0.5) is 32.3 Å². The van der Waals surface area contributed by atoms with Gasteiger partial charge in [-0.15, -0.1) is 0 Å². The number of benzene rings is 2. The van der Waals surface area contributed by atoms with Gasteiger partial charge in [-0.2, -0.15) is 4.98 Å². The molecule has 3 aromatic rings. The van der Waals surface area contributed by atoms with Crippen molar-refractivity contribution in [3.05, 3.63) is 70.6 Å². The van der Waals surface area contributed by atoms with Crippen LogP contribution in [-0.2, 0) is 0 Å². The molecule has 168 valence electrons. The van der Waals surface area contributed by atoms with Crippen molar-refractivity contribution in [2.75, 3.05) is 15.5 Å². The van der Waals surface area contributed by atoms with E-state index in [0.29, 0.717) is 5.69 Å². The van der Waals surface area contributed by atoms with Crippen LogP contribution in [0, 0.1) is 5.82 Å². The van der Waals surface area contributed by atoms with Gasteiger partial charge in [0.2, 0.25) is 5.95 Å². The number of carbonyl (C=O) groups is 1. The summed E-state index contributed by atoms with van der Waals surface area (Å²) in [4.78, 5) is 23.1. The molecule has 2 amide bonds. The van der Waals surface area contributed by atoms with E-state index in [-0.39, 0.29) is 33.5 Å². The van der Waals surface area contributed by atoms with Crippen molar-refractivity contribution in [1.82, 2.24) is 9.97 Å². The molecule has 0 aliphatic carbocycles. The van der Waals surface area contributed by atoms with Crippen molar-refractivity contribution in [3.8, 4) is 0 Å². The molecule has 32 heavy (non-hydrogen) atoms. The summed E-state index contributed by atoms with van der Waals surface area (Å²) >= 11 is 12.4. The van der Waals surface area contributed by atoms with Gasteiger partial charge in [-0.3, -0.25) is 0 Å². The van der Waals surface area contributed by atoms with Gasteiger partial charge in [-0.1, -0.05) is 29.3 Å². The maximum Gasteiger partial charge on any atom is 0.332 e. The number of rotatable bonds is 6. The van der Waals surface area contributed by atoms with E-state index in [1.807, 2.05) is 0 Å². The Kier molecular flexibility index (Phi) is 7.18. The van der Waals surface area contributed by atoms with Crippen LogP contribution in [0.3, 0.4) is 0 Å². The molecule has 0 bridgehead atoms. The predicted octanol–water partition coefficient (Wildman–Crippen LogP) is 5.86. The number of anilines is 4. The van der Waals surface area contributed by atoms with Gasteiger partial charge in [0.1, 0.15) is 11.6 Å². The summed E-state index contributed by atoms with van der Waals surface area (Å²) in [5.41, 5.74) is -0.447. The Morgan fingerprint density at radius 3 is 2.34 bits per heavy atom. The molecule has 2 aromatic carbocycles. The number of hydrogen-bond donors (Lipinski definition) is 3. The van der Waals surface area contributed by atoms with E-state index in [4.69, 9.17) is 23.2 Å². The van der Waals surface area contributed by atoms with Crippen LogP contribution in [0.25, 0.3) is 0 Å². The Morgan fingerprint density at radius 1 is 1.12 bits per heavy atom. The van der Waals surface area contributed by atoms with Crippen LogP contribution in [0.15, 0.2) is 54.7 Å². The summed E-state index contributed by atoms with van der Waals surface area (Å²) in [7, 11) is 0. The highest BCUT2D eigenvalue weighted by atomic mass is 35.5. The van der Waals surface area contributed by atoms with Gasteiger partial charge < -0.3 is 15.7 Å². The highest BCUT2D eigenvalue weighted by molar-refractivity contribution is 6.40. The van der Waals surface area contributed by atoms with Crippen LogP contribution in [0.2, 0.25) is 10.0 Å². The Balaban J connectivity index is 1.99. The average Bonchev–Trinajstić information content (AvgIpc) is 2.72. The van der Waals surface area contributed by atoms with Crippen LogP contribution in [-0.4, -0.2) is 32.7 Å². The van der Waals surface area contributed by atoms with Gasteiger partial charge in [0, 0.05) is 12.3 Å². The van der Waals surface area contributed by atoms with Crippen molar-refractivity contribution in [2.24, 2.45) is 0 Å². The fraction of sp³-hybridized carbons (Fsp3) is 0.227. The number of hydrogen-bond acceptors (Lipinski definition) is 5. The van der Waals surface area contributed by atoms with E-state index in [2.05, 4.69) is 20.6 Å². The van der Waals surface area contributed by atoms with Gasteiger partial charge in [0.25, 0.3) is 0 Å². The second kappa shape index (κ2) is 9.68. The number of nitrogens with zero attached hydrogens (tertiary/aromatic N) is 3. The molecular weight excluding hydrogens is 456 g/mol. The SMILES string of the molecule is CC(Nc1nccc(N(C(=O)Nc2c(Cl)cccc2Cl)c2ccc(F)cc2)n1)C(C)(C)O. The highest BCUT2D eigenvalue weighted by Crippen LogP contribution is 2.32. The number of nitrogens with one attached hydrogen (secondary N) is 2. The van der Waals surface area contributed by atoms with Gasteiger partial charge >= 0.3 is 6.03 Å². The van der Waals surface area contributed by atoms with Crippen molar-refractivity contribution in [3.63, 3.8) is 0 Å². The van der Waals surface area contributed by atoms with Crippen molar-refractivity contribution in [2.45, 2.75) is 32.4 Å². The van der Waals surface area contributed by atoms with Crippen LogP contribution < -0.4 is 15.5 Å². The van der Waals surface area contributed by atoms with Crippen molar-refractivity contribution < 1.29 is 14.3 Å². The monoisotopic (exact) mass is 477 g/mol. The van der Waals surface area contributed by atoms with Crippen LogP contribution in [0.5, 0.6) is 0 Å². The standard InChI is InChI=1S/C22H22Cl2FN5O2/c1-13(22(2,3)32)27-20-26-12-11-18(28-20)30(15-9-7-14(25)8-10-15)21(31)29-19-16(23)5-4-6-17(19)24/h4-13,32H,1-3H3,(H,29,31)(H,26,27,28). The molecule has 0 aliphatic rings. The molecule has 1 heterocycles. The lowest BCUT2D eigenvalue weighted by atomic mass is 10.0. The minimum absolute atomic E-state index is 0.202. The first-order valence-corrected chi connectivity index (χ1v) is 10.4. The minimum atomic E-state index is -1.03. The Bertz CT molecular complexity index is 1090. The fourth-order valence-corrected chi connectivity index (χ4v) is 3.13. The third-order valence-corrected chi connectivity index (χ3v) is 5.39. The molecule has 7 nitrogen and oxygen atoms in total. The summed E-state index contributed by atoms with van der Waals surface area (Å²) in [5.74, 6) is -0.0437. The molecule has 10 heteroatoms. The Labute approximate surface area is 195 Å². The molecular formula is C22H22Cl2FN5O2. The van der Waals surface area contributed by atoms with Gasteiger partial charge in [0.15, 0.2) is 0 Å². The Hall–Kier alpha value is -2.94. The minimum Gasteiger partial charge on any atom is -0.388 e. The average molecular weight is 478 g/mol. The third-order valence-electron chi connectivity index (χ3n) is 4.76. The molecule has 1 unspecified atom stereocenters. The summed E-state index contributed by atoms with van der Waals surface area (Å²) in [6.45, 7) is 5.08.